The van der Waals surface area contributed by atoms with Crippen molar-refractivity contribution in [3.05, 3.63) is 90.3 Å². The fourth-order valence-corrected chi connectivity index (χ4v) is 5.47. The number of sulfonamides is 1. The number of pyridine rings is 1. The number of amides is 2. The highest BCUT2D eigenvalue weighted by Gasteiger charge is 2.33. The summed E-state index contributed by atoms with van der Waals surface area (Å²) in [4.78, 5) is 30.1. The van der Waals surface area contributed by atoms with Crippen LogP contribution >= 0.6 is 0 Å². The Morgan fingerprint density at radius 3 is 2.53 bits per heavy atom. The van der Waals surface area contributed by atoms with Crippen LogP contribution in [-0.4, -0.2) is 42.6 Å². The SMILES string of the molecule is O=C(NCc1cccnc1)c1ccccc1NC(=O)[C@@H]1CCCN(S(=O)(=O)c2ccccc2)C1. The van der Waals surface area contributed by atoms with Crippen molar-refractivity contribution in [1.82, 2.24) is 14.6 Å². The van der Waals surface area contributed by atoms with Gasteiger partial charge in [-0.15, -0.1) is 0 Å². The van der Waals surface area contributed by atoms with Crippen LogP contribution in [-0.2, 0) is 21.4 Å². The first-order valence-corrected chi connectivity index (χ1v) is 12.5. The molecule has 1 fully saturated rings. The van der Waals surface area contributed by atoms with Gasteiger partial charge in [-0.1, -0.05) is 36.4 Å². The normalized spacial score (nSPS) is 16.5. The number of aromatic nitrogens is 1. The van der Waals surface area contributed by atoms with Gasteiger partial charge in [-0.3, -0.25) is 14.6 Å². The summed E-state index contributed by atoms with van der Waals surface area (Å²) in [6.07, 6.45) is 4.49. The predicted molar refractivity (Wildman–Crippen MR) is 128 cm³/mol. The Morgan fingerprint density at radius 2 is 1.76 bits per heavy atom. The molecule has 0 unspecified atom stereocenters. The standard InChI is InChI=1S/C25H26N4O4S/c30-24(20-9-7-15-29(18-20)34(32,33)21-10-2-1-3-11-21)28-23-13-5-4-12-22(23)25(31)27-17-19-8-6-14-26-16-19/h1-6,8,10-14,16,20H,7,9,15,17-18H2,(H,27,31)(H,28,30)/t20-/m1/s1. The number of carbonyl (C=O) groups excluding carboxylic acids is 2. The molecular formula is C25H26N4O4S. The number of anilines is 1. The third kappa shape index (κ3) is 5.49. The van der Waals surface area contributed by atoms with Crippen molar-refractivity contribution < 1.29 is 18.0 Å². The molecule has 2 amide bonds. The van der Waals surface area contributed by atoms with E-state index in [9.17, 15) is 18.0 Å². The fraction of sp³-hybridized carbons (Fsp3) is 0.240. The van der Waals surface area contributed by atoms with Crippen LogP contribution in [0.3, 0.4) is 0 Å². The number of nitrogens with zero attached hydrogens (tertiary/aromatic N) is 2. The first-order chi connectivity index (χ1) is 16.4. The minimum absolute atomic E-state index is 0.0957. The van der Waals surface area contributed by atoms with Gasteiger partial charge in [0, 0.05) is 32.0 Å². The molecule has 1 atom stereocenters. The van der Waals surface area contributed by atoms with Gasteiger partial charge < -0.3 is 10.6 Å². The predicted octanol–water partition coefficient (Wildman–Crippen LogP) is 3.05. The lowest BCUT2D eigenvalue weighted by molar-refractivity contribution is -0.120. The number of nitrogens with one attached hydrogen (secondary N) is 2. The van der Waals surface area contributed by atoms with E-state index in [1.165, 1.54) is 4.31 Å². The van der Waals surface area contributed by atoms with Crippen LogP contribution in [0, 0.1) is 5.92 Å². The molecule has 1 aliphatic rings. The molecule has 3 aromatic rings. The molecule has 176 valence electrons. The molecule has 9 heteroatoms. The number of benzene rings is 2. The molecule has 34 heavy (non-hydrogen) atoms. The lowest BCUT2D eigenvalue weighted by Crippen LogP contribution is -2.43. The summed E-state index contributed by atoms with van der Waals surface area (Å²) in [6.45, 7) is 0.774. The van der Waals surface area contributed by atoms with Gasteiger partial charge in [-0.2, -0.15) is 4.31 Å². The van der Waals surface area contributed by atoms with Gasteiger partial charge in [0.05, 0.1) is 22.1 Å². The van der Waals surface area contributed by atoms with Gasteiger partial charge in [0.1, 0.15) is 0 Å². The Bertz CT molecular complexity index is 1250. The molecule has 4 rings (SSSR count). The summed E-state index contributed by atoms with van der Waals surface area (Å²) in [5.74, 6) is -1.14. The minimum atomic E-state index is -3.67. The maximum absolute atomic E-state index is 13.1. The number of rotatable bonds is 7. The van der Waals surface area contributed by atoms with Crippen LogP contribution in [0.15, 0.2) is 84.0 Å². The zero-order valence-electron chi connectivity index (χ0n) is 18.6. The van der Waals surface area contributed by atoms with E-state index >= 15 is 0 Å². The van der Waals surface area contributed by atoms with Gasteiger partial charge >= 0.3 is 0 Å². The zero-order valence-corrected chi connectivity index (χ0v) is 19.4. The summed E-state index contributed by atoms with van der Waals surface area (Å²) in [5, 5.41) is 5.67. The van der Waals surface area contributed by atoms with Gasteiger partial charge in [0.15, 0.2) is 0 Å². The summed E-state index contributed by atoms with van der Waals surface area (Å²) in [7, 11) is -3.67. The number of hydrogen-bond acceptors (Lipinski definition) is 5. The third-order valence-electron chi connectivity index (χ3n) is 5.74. The number of para-hydroxylation sites is 1. The van der Waals surface area contributed by atoms with E-state index in [0.717, 1.165) is 5.56 Å². The van der Waals surface area contributed by atoms with E-state index in [1.807, 2.05) is 6.07 Å². The van der Waals surface area contributed by atoms with Gasteiger partial charge in [0.2, 0.25) is 15.9 Å². The molecule has 2 N–H and O–H groups in total. The van der Waals surface area contributed by atoms with E-state index in [1.54, 1.807) is 73.1 Å². The van der Waals surface area contributed by atoms with Crippen molar-refractivity contribution in [2.45, 2.75) is 24.3 Å². The van der Waals surface area contributed by atoms with E-state index in [2.05, 4.69) is 15.6 Å². The van der Waals surface area contributed by atoms with Crippen molar-refractivity contribution in [3.8, 4) is 0 Å². The van der Waals surface area contributed by atoms with Gasteiger partial charge in [0.25, 0.3) is 5.91 Å². The smallest absolute Gasteiger partial charge is 0.253 e. The molecule has 0 bridgehead atoms. The topological polar surface area (TPSA) is 108 Å². The Labute approximate surface area is 199 Å². The Balaban J connectivity index is 1.43. The Kier molecular flexibility index (Phi) is 7.34. The van der Waals surface area contributed by atoms with Crippen LogP contribution in [0.25, 0.3) is 0 Å². The van der Waals surface area contributed by atoms with E-state index in [-0.39, 0.29) is 23.3 Å². The van der Waals surface area contributed by atoms with E-state index in [0.29, 0.717) is 37.2 Å². The molecule has 0 saturated carbocycles. The van der Waals surface area contributed by atoms with Crippen LogP contribution in [0.5, 0.6) is 0 Å². The number of hydrogen-bond donors (Lipinski definition) is 2. The molecule has 8 nitrogen and oxygen atoms in total. The molecule has 2 aromatic carbocycles. The maximum Gasteiger partial charge on any atom is 0.253 e. The molecule has 1 aromatic heterocycles. The third-order valence-corrected chi connectivity index (χ3v) is 7.62. The van der Waals surface area contributed by atoms with Crippen LogP contribution in [0.2, 0.25) is 0 Å². The monoisotopic (exact) mass is 478 g/mol. The van der Waals surface area contributed by atoms with Crippen molar-refractivity contribution in [3.63, 3.8) is 0 Å². The summed E-state index contributed by atoms with van der Waals surface area (Å²) >= 11 is 0. The highest BCUT2D eigenvalue weighted by molar-refractivity contribution is 7.89. The zero-order chi connectivity index (χ0) is 24.0. The largest absolute Gasteiger partial charge is 0.348 e. The molecular weight excluding hydrogens is 452 g/mol. The quantitative estimate of drug-likeness (QED) is 0.543. The van der Waals surface area contributed by atoms with E-state index in [4.69, 9.17) is 0 Å². The highest BCUT2D eigenvalue weighted by atomic mass is 32.2. The van der Waals surface area contributed by atoms with Gasteiger partial charge in [-0.25, -0.2) is 8.42 Å². The highest BCUT2D eigenvalue weighted by Crippen LogP contribution is 2.25. The molecule has 1 aliphatic heterocycles. The van der Waals surface area contributed by atoms with Crippen molar-refractivity contribution >= 4 is 27.5 Å². The second-order valence-electron chi connectivity index (χ2n) is 8.09. The van der Waals surface area contributed by atoms with Crippen LogP contribution in [0.4, 0.5) is 5.69 Å². The van der Waals surface area contributed by atoms with Crippen LogP contribution < -0.4 is 10.6 Å². The minimum Gasteiger partial charge on any atom is -0.348 e. The van der Waals surface area contributed by atoms with Crippen molar-refractivity contribution in [2.75, 3.05) is 18.4 Å². The second kappa shape index (κ2) is 10.6. The summed E-state index contributed by atoms with van der Waals surface area (Å²) in [5.41, 5.74) is 1.59. The first kappa shape index (κ1) is 23.6. The summed E-state index contributed by atoms with van der Waals surface area (Å²) in [6, 6.07) is 18.6. The average molecular weight is 479 g/mol. The number of carbonyl (C=O) groups is 2. The molecule has 0 aliphatic carbocycles. The average Bonchev–Trinajstić information content (AvgIpc) is 2.89. The Hall–Kier alpha value is -3.56. The fourth-order valence-electron chi connectivity index (χ4n) is 3.92. The summed E-state index contributed by atoms with van der Waals surface area (Å²) < 4.78 is 27.3. The van der Waals surface area contributed by atoms with Crippen molar-refractivity contribution in [1.29, 1.82) is 0 Å². The molecule has 0 spiro atoms. The lowest BCUT2D eigenvalue weighted by Gasteiger charge is -2.31. The van der Waals surface area contributed by atoms with Crippen LogP contribution in [0.1, 0.15) is 28.8 Å². The van der Waals surface area contributed by atoms with E-state index < -0.39 is 15.9 Å². The molecule has 2 heterocycles. The maximum atomic E-state index is 13.1. The number of piperidine rings is 1. The molecule has 0 radical (unpaired) electrons. The lowest BCUT2D eigenvalue weighted by atomic mass is 9.98. The van der Waals surface area contributed by atoms with Gasteiger partial charge in [-0.05, 0) is 48.7 Å². The Morgan fingerprint density at radius 1 is 1.00 bits per heavy atom. The first-order valence-electron chi connectivity index (χ1n) is 11.1. The van der Waals surface area contributed by atoms with Crippen molar-refractivity contribution in [2.24, 2.45) is 5.92 Å². The second-order valence-corrected chi connectivity index (χ2v) is 10.0. The molecule has 1 saturated heterocycles.